The van der Waals surface area contributed by atoms with Gasteiger partial charge in [-0.1, -0.05) is 58.6 Å². The number of fused-ring (bicyclic) bond motifs is 3. The molecule has 7 unspecified atom stereocenters. The fourth-order valence-corrected chi connectivity index (χ4v) is 16.3. The third kappa shape index (κ3) is 18.8. The molecule has 0 spiro atoms. The van der Waals surface area contributed by atoms with Crippen molar-refractivity contribution in [3.05, 3.63) is 85.5 Å². The zero-order valence-electron chi connectivity index (χ0n) is 43.4. The normalized spacial score (nSPS) is 20.0. The number of nitrogens with two attached hydrogens (primary N) is 2. The molecule has 6 aromatic rings. The molecule has 4 aromatic carbocycles. The lowest BCUT2D eigenvalue weighted by molar-refractivity contribution is -0.447. The van der Waals surface area contributed by atoms with Crippen LogP contribution in [0.5, 0.6) is 0 Å². The van der Waals surface area contributed by atoms with E-state index >= 15 is 0 Å². The molecular weight excluding hydrogens is 1230 g/mol. The van der Waals surface area contributed by atoms with Gasteiger partial charge in [-0.15, -0.1) is 8.67 Å². The molecule has 33 nitrogen and oxygen atoms in total. The lowest BCUT2D eigenvalue weighted by Gasteiger charge is -2.24. The number of phosphoric ester groups is 2. The van der Waals surface area contributed by atoms with E-state index in [9.17, 15) is 37.4 Å². The SMILES string of the molecule is COOOSc1cccc2c(N)cccc12.COOOSc1cccc2c(NP(=O)(OC)OP(=O)(OC)OP(C)(=O)OC)cccc12.COP(=O)(O)OP(=O)(OC)OP(=O)(OC)OC[C@H]1O[C@@H](n2cnc3c(N)ncnc32)CC1O.[HH].[HH]. The predicted octanol–water partition coefficient (Wildman–Crippen LogP) is 10.6. The lowest BCUT2D eigenvalue weighted by atomic mass is 10.1. The second-order valence-electron chi connectivity index (χ2n) is 15.1. The number of nitrogens with zero attached hydrogens (tertiary/aromatic N) is 4. The highest BCUT2D eigenvalue weighted by atomic mass is 32.2. The van der Waals surface area contributed by atoms with Crippen molar-refractivity contribution in [1.29, 1.82) is 0 Å². The molecular formula is C39H59N7O26P6S2. The first-order valence-electron chi connectivity index (χ1n) is 21.9. The van der Waals surface area contributed by atoms with E-state index < -0.39 is 71.7 Å². The lowest BCUT2D eigenvalue weighted by Crippen LogP contribution is -2.26. The maximum Gasteiger partial charge on any atom is 0.492 e. The van der Waals surface area contributed by atoms with Gasteiger partial charge < -0.3 is 30.7 Å². The Bertz CT molecular complexity index is 3330. The summed E-state index contributed by atoms with van der Waals surface area (Å²) in [5.74, 6) is 0.168. The first kappa shape index (κ1) is 67.4. The van der Waals surface area contributed by atoms with Crippen molar-refractivity contribution < 1.29 is 122 Å². The maximum absolute atomic E-state index is 13.2. The van der Waals surface area contributed by atoms with Crippen LogP contribution in [0.15, 0.2) is 95.2 Å². The van der Waals surface area contributed by atoms with Crippen LogP contribution in [0.1, 0.15) is 15.5 Å². The predicted molar refractivity (Wildman–Crippen MR) is 291 cm³/mol. The number of rotatable bonds is 28. The molecule has 0 amide bonds. The zero-order valence-corrected chi connectivity index (χ0v) is 50.4. The summed E-state index contributed by atoms with van der Waals surface area (Å²) < 4.78 is 143. The number of aromatic nitrogens is 4. The van der Waals surface area contributed by atoms with E-state index in [1.807, 2.05) is 36.4 Å². The Kier molecular flexibility index (Phi) is 25.7. The summed E-state index contributed by atoms with van der Waals surface area (Å²) in [5, 5.41) is 25.0. The van der Waals surface area contributed by atoms with Gasteiger partial charge in [0, 0.05) is 84.8 Å². The molecule has 9 atom stereocenters. The minimum Gasteiger partial charge on any atom is -0.398 e. The van der Waals surface area contributed by atoms with Crippen molar-refractivity contribution in [1.82, 2.24) is 19.5 Å². The molecule has 7 N–H and O–H groups in total. The number of anilines is 3. The molecule has 1 aliphatic rings. The fourth-order valence-electron chi connectivity index (χ4n) is 6.42. The third-order valence-electron chi connectivity index (χ3n) is 10.1. The standard InChI is InChI=1S/C15H22NO11P3S.C13H22N5O12P3.C11H11NO3S.2H2/c1-20-24-25-31-15-11-7-8-12-13(15)9-6-10-14(12)16-29(18,22-3)27-30(19,23-4)26-28(5,17)21-2;1-24-31(20,21)29-33(23,26-3)30-32(22,25-2)27-5-9-8(19)4-10(28-9)18-7-17-11-12(14)15-6-16-13(11)18;1-13-14-15-16-11-7-3-4-8-9(11)5-2-6-10(8)12;;/h6-11H,1-5H3,(H,16,18);6-10,19H,4-5H2,1-3H3,(H,20,21)(H2,14,15,16);2-7H,12H2,1H3;2*1H/t;8?,9-,10-,32?,33?;;;/m.1.../s1. The van der Waals surface area contributed by atoms with Crippen molar-refractivity contribution >= 4 is 121 Å². The first-order chi connectivity index (χ1) is 37.9. The smallest absolute Gasteiger partial charge is 0.398 e. The zero-order chi connectivity index (χ0) is 58.9. The van der Waals surface area contributed by atoms with Crippen LogP contribution < -0.4 is 16.6 Å². The van der Waals surface area contributed by atoms with E-state index in [2.05, 4.69) is 66.6 Å². The van der Waals surface area contributed by atoms with Crippen molar-refractivity contribution in [2.24, 2.45) is 0 Å². The van der Waals surface area contributed by atoms with E-state index in [0.717, 1.165) is 94.8 Å². The van der Waals surface area contributed by atoms with E-state index in [-0.39, 0.29) is 15.1 Å². The minimum absolute atomic E-state index is 0. The van der Waals surface area contributed by atoms with E-state index in [1.165, 1.54) is 31.4 Å². The number of ether oxygens (including phenoxy) is 1. The van der Waals surface area contributed by atoms with E-state index in [1.54, 1.807) is 36.4 Å². The van der Waals surface area contributed by atoms with Crippen LogP contribution in [-0.4, -0.2) is 112 Å². The topological polar surface area (TPSA) is 417 Å². The van der Waals surface area contributed by atoms with Crippen LogP contribution in [0.4, 0.5) is 17.2 Å². The van der Waals surface area contributed by atoms with Gasteiger partial charge >= 0.3 is 46.6 Å². The number of nitrogen functional groups attached to an aromatic ring is 2. The van der Waals surface area contributed by atoms with Gasteiger partial charge in [-0.25, -0.2) is 51.9 Å². The molecule has 7 rings (SSSR count). The summed E-state index contributed by atoms with van der Waals surface area (Å²) in [6.45, 7) is 0.490. The minimum atomic E-state index is -4.93. The monoisotopic (exact) mass is 1290 g/mol. The molecule has 80 heavy (non-hydrogen) atoms. The van der Waals surface area contributed by atoms with Crippen molar-refractivity contribution in [3.8, 4) is 0 Å². The Morgan fingerprint density at radius 2 is 1.24 bits per heavy atom. The summed E-state index contributed by atoms with van der Waals surface area (Å²) in [6.07, 6.45) is -0.111. The number of hydrogen-bond acceptors (Lipinski definition) is 32. The van der Waals surface area contributed by atoms with E-state index in [0.29, 0.717) is 32.5 Å². The Labute approximate surface area is 467 Å². The summed E-state index contributed by atoms with van der Waals surface area (Å²) >= 11 is 1.97. The highest BCUT2D eigenvalue weighted by Gasteiger charge is 2.47. The Balaban J connectivity index is 0.000000336. The van der Waals surface area contributed by atoms with Gasteiger partial charge in [0.05, 0.1) is 63.0 Å². The molecule has 2 aromatic heterocycles. The summed E-state index contributed by atoms with van der Waals surface area (Å²) in [6, 6.07) is 21.8. The Morgan fingerprint density at radius 3 is 1.81 bits per heavy atom. The molecule has 0 saturated carbocycles. The van der Waals surface area contributed by atoms with E-state index in [4.69, 9.17) is 47.1 Å². The van der Waals surface area contributed by atoms with Crippen LogP contribution in [-0.2, 0) is 110 Å². The largest absolute Gasteiger partial charge is 0.492 e. The van der Waals surface area contributed by atoms with Gasteiger partial charge in [0.15, 0.2) is 11.5 Å². The van der Waals surface area contributed by atoms with Gasteiger partial charge in [0.25, 0.3) is 0 Å². The fraction of sp³-hybridized carbons (Fsp3) is 0.359. The van der Waals surface area contributed by atoms with Crippen LogP contribution in [0.3, 0.4) is 0 Å². The Morgan fingerprint density at radius 1 is 0.675 bits per heavy atom. The van der Waals surface area contributed by atoms with Gasteiger partial charge in [-0.3, -0.25) is 41.4 Å². The molecule has 1 aliphatic heterocycles. The van der Waals surface area contributed by atoms with Crippen LogP contribution >= 0.6 is 70.7 Å². The number of phosphoric acid groups is 4. The maximum atomic E-state index is 13.2. The van der Waals surface area contributed by atoms with Crippen molar-refractivity contribution in [3.63, 3.8) is 0 Å². The molecule has 0 bridgehead atoms. The molecule has 3 heterocycles. The third-order valence-corrected chi connectivity index (χ3v) is 22.2. The average Bonchev–Trinajstić information content (AvgIpc) is 4.18. The summed E-state index contributed by atoms with van der Waals surface area (Å²) in [4.78, 5) is 31.7. The summed E-state index contributed by atoms with van der Waals surface area (Å²) in [5.41, 5.74) is 13.4. The number of hydrogen-bond donors (Lipinski definition) is 5. The Hall–Kier alpha value is -3.37. The van der Waals surface area contributed by atoms with Gasteiger partial charge in [0.2, 0.25) is 0 Å². The average molecular weight is 1290 g/mol. The quantitative estimate of drug-likeness (QED) is 0.00760. The van der Waals surface area contributed by atoms with Crippen molar-refractivity contribution in [2.45, 2.75) is 34.6 Å². The molecule has 41 heteroatoms. The number of imidazole rings is 1. The molecule has 1 fully saturated rings. The highest BCUT2D eigenvalue weighted by molar-refractivity contribution is 7.95. The van der Waals surface area contributed by atoms with Crippen LogP contribution in [0, 0.1) is 0 Å². The molecule has 0 aliphatic carbocycles. The number of nitrogens with one attached hydrogen (secondary N) is 1. The van der Waals surface area contributed by atoms with Crippen molar-refractivity contribution in [2.75, 3.05) is 86.7 Å². The number of aliphatic hydroxyl groups is 1. The number of aliphatic hydroxyl groups excluding tert-OH is 1. The molecule has 1 saturated heterocycles. The number of benzene rings is 4. The molecule has 448 valence electrons. The van der Waals surface area contributed by atoms with Gasteiger partial charge in [0.1, 0.15) is 24.2 Å². The highest BCUT2D eigenvalue weighted by Crippen LogP contribution is 2.72. The second kappa shape index (κ2) is 30.4. The summed E-state index contributed by atoms with van der Waals surface area (Å²) in [7, 11) is -18.9. The van der Waals surface area contributed by atoms with Gasteiger partial charge in [-0.05, 0) is 35.0 Å². The van der Waals surface area contributed by atoms with Crippen LogP contribution in [0.25, 0.3) is 32.7 Å². The molecule has 0 radical (unpaired) electrons. The van der Waals surface area contributed by atoms with Crippen LogP contribution in [0.2, 0.25) is 0 Å². The second-order valence-corrected chi connectivity index (χ2v) is 28.0. The first-order valence-corrected chi connectivity index (χ1v) is 32.8. The van der Waals surface area contributed by atoms with Gasteiger partial charge in [-0.2, -0.15) is 12.9 Å².